The number of piperazine rings is 1. The van der Waals surface area contributed by atoms with Gasteiger partial charge in [0.25, 0.3) is 10.0 Å². The zero-order chi connectivity index (χ0) is 30.2. The Kier molecular flexibility index (Phi) is 10.4. The van der Waals surface area contributed by atoms with Gasteiger partial charge in [0.1, 0.15) is 10.0 Å². The maximum absolute atomic E-state index is 13.5. The van der Waals surface area contributed by atoms with Gasteiger partial charge in [-0.1, -0.05) is 45.1 Å². The van der Waals surface area contributed by atoms with E-state index < -0.39 is 22.3 Å². The summed E-state index contributed by atoms with van der Waals surface area (Å²) < 4.78 is 36.5. The number of unbranched alkanes of at least 4 members (excludes halogenated alkanes) is 5. The van der Waals surface area contributed by atoms with Crippen molar-refractivity contribution in [2.45, 2.75) is 69.4 Å². The van der Waals surface area contributed by atoms with E-state index in [0.29, 0.717) is 18.8 Å². The predicted molar refractivity (Wildman–Crippen MR) is 171 cm³/mol. The van der Waals surface area contributed by atoms with Crippen LogP contribution >= 0.6 is 11.3 Å². The second-order valence-electron chi connectivity index (χ2n) is 10.7. The minimum Gasteiger partial charge on any atom is -0.428 e. The summed E-state index contributed by atoms with van der Waals surface area (Å²) in [5.74, 6) is 0.821. The van der Waals surface area contributed by atoms with Crippen LogP contribution in [0.25, 0.3) is 22.4 Å². The SMILES string of the molecule is CCCCCCCCN1CCN(S(=O)(=O)c2cccs2)C(OC(=O)Nc2ccc3c(c2)nc(-c2ccncc2)n3CC)C1. The number of hydrogen-bond donors (Lipinski definition) is 1. The van der Waals surface area contributed by atoms with Gasteiger partial charge in [-0.3, -0.25) is 15.2 Å². The minimum atomic E-state index is -3.80. The fourth-order valence-electron chi connectivity index (χ4n) is 5.52. The number of anilines is 1. The number of rotatable bonds is 13. The van der Waals surface area contributed by atoms with Gasteiger partial charge in [0, 0.05) is 43.3 Å². The molecule has 3 aromatic heterocycles. The average Bonchev–Trinajstić information content (AvgIpc) is 3.68. The van der Waals surface area contributed by atoms with Crippen molar-refractivity contribution in [3.63, 3.8) is 0 Å². The van der Waals surface area contributed by atoms with E-state index in [0.717, 1.165) is 59.7 Å². The summed E-state index contributed by atoms with van der Waals surface area (Å²) in [6, 6.07) is 12.7. The average molecular weight is 625 g/mol. The zero-order valence-corrected chi connectivity index (χ0v) is 26.4. The molecule has 4 aromatic rings. The number of fused-ring (bicyclic) bond motifs is 1. The van der Waals surface area contributed by atoms with Crippen LogP contribution in [0.1, 0.15) is 52.4 Å². The van der Waals surface area contributed by atoms with Crippen LogP contribution in [0, 0.1) is 0 Å². The standard InChI is InChI=1S/C31H40N6O4S2/c1-3-5-6-7-8-9-18-35-19-20-37(43(39,40)29-11-10-21-42-29)28(23-35)41-31(38)33-25-12-13-27-26(22-25)34-30(36(27)4-2)24-14-16-32-17-15-24/h10-17,21-22,28H,3-9,18-20,23H2,1-2H3,(H,33,38). The third kappa shape index (κ3) is 7.43. The normalized spacial score (nSPS) is 16.5. The Morgan fingerprint density at radius 2 is 1.84 bits per heavy atom. The molecule has 1 aliphatic rings. The van der Waals surface area contributed by atoms with Crippen molar-refractivity contribution in [1.29, 1.82) is 0 Å². The molecule has 5 rings (SSSR count). The van der Waals surface area contributed by atoms with E-state index in [1.165, 1.54) is 30.0 Å². The van der Waals surface area contributed by atoms with Gasteiger partial charge in [-0.15, -0.1) is 11.3 Å². The van der Waals surface area contributed by atoms with Gasteiger partial charge in [-0.05, 0) is 61.7 Å². The molecular weight excluding hydrogens is 585 g/mol. The summed E-state index contributed by atoms with van der Waals surface area (Å²) in [5.41, 5.74) is 3.15. The Morgan fingerprint density at radius 1 is 1.05 bits per heavy atom. The molecule has 1 atom stereocenters. The molecule has 1 N–H and O–H groups in total. The van der Waals surface area contributed by atoms with Crippen LogP contribution in [0.15, 0.2) is 64.4 Å². The molecule has 10 nitrogen and oxygen atoms in total. The number of benzene rings is 1. The third-order valence-electron chi connectivity index (χ3n) is 7.75. The molecule has 0 bridgehead atoms. The lowest BCUT2D eigenvalue weighted by Gasteiger charge is -2.39. The smallest absolute Gasteiger partial charge is 0.413 e. The van der Waals surface area contributed by atoms with E-state index in [9.17, 15) is 13.2 Å². The Bertz CT molecular complexity index is 1590. The molecule has 230 valence electrons. The van der Waals surface area contributed by atoms with Crippen molar-refractivity contribution < 1.29 is 17.9 Å². The van der Waals surface area contributed by atoms with Gasteiger partial charge in [0.2, 0.25) is 0 Å². The summed E-state index contributed by atoms with van der Waals surface area (Å²) in [6.07, 6.45) is 8.90. The van der Waals surface area contributed by atoms with E-state index in [1.807, 2.05) is 18.2 Å². The van der Waals surface area contributed by atoms with Gasteiger partial charge in [0.05, 0.1) is 17.6 Å². The second-order valence-corrected chi connectivity index (χ2v) is 13.8. The number of sulfonamides is 1. The maximum Gasteiger partial charge on any atom is 0.413 e. The molecule has 1 aliphatic heterocycles. The highest BCUT2D eigenvalue weighted by Crippen LogP contribution is 2.28. The fourth-order valence-corrected chi connectivity index (χ4v) is 8.13. The number of ether oxygens (including phenoxy) is 1. The first-order valence-electron chi connectivity index (χ1n) is 15.1. The minimum absolute atomic E-state index is 0.243. The number of carbonyl (C=O) groups is 1. The van der Waals surface area contributed by atoms with Crippen molar-refractivity contribution >= 4 is 44.2 Å². The molecule has 4 heterocycles. The number of aromatic nitrogens is 3. The molecule has 1 amide bonds. The lowest BCUT2D eigenvalue weighted by molar-refractivity contribution is -0.0166. The van der Waals surface area contributed by atoms with Gasteiger partial charge >= 0.3 is 6.09 Å². The number of aryl methyl sites for hydroxylation is 1. The number of thiophene rings is 1. The first-order chi connectivity index (χ1) is 20.9. The molecule has 1 saturated heterocycles. The Labute approximate surface area is 257 Å². The Hall–Kier alpha value is -3.32. The van der Waals surface area contributed by atoms with Crippen LogP contribution < -0.4 is 5.32 Å². The van der Waals surface area contributed by atoms with Crippen LogP contribution in [0.4, 0.5) is 10.5 Å². The van der Waals surface area contributed by atoms with Crippen LogP contribution in [-0.4, -0.2) is 70.7 Å². The quantitative estimate of drug-likeness (QED) is 0.171. The molecule has 0 saturated carbocycles. The highest BCUT2D eigenvalue weighted by Gasteiger charge is 2.39. The van der Waals surface area contributed by atoms with Crippen LogP contribution in [0.3, 0.4) is 0 Å². The number of amides is 1. The first-order valence-corrected chi connectivity index (χ1v) is 17.4. The summed E-state index contributed by atoms with van der Waals surface area (Å²) in [6.45, 7) is 7.01. The predicted octanol–water partition coefficient (Wildman–Crippen LogP) is 6.42. The lowest BCUT2D eigenvalue weighted by Crippen LogP contribution is -2.56. The largest absolute Gasteiger partial charge is 0.428 e. The monoisotopic (exact) mass is 624 g/mol. The third-order valence-corrected chi connectivity index (χ3v) is 11.0. The molecular formula is C31H40N6O4S2. The topological polar surface area (TPSA) is 110 Å². The summed E-state index contributed by atoms with van der Waals surface area (Å²) in [7, 11) is -3.80. The van der Waals surface area contributed by atoms with Gasteiger partial charge in [-0.25, -0.2) is 18.2 Å². The van der Waals surface area contributed by atoms with Crippen LogP contribution in [0.2, 0.25) is 0 Å². The number of imidazole rings is 1. The van der Waals surface area contributed by atoms with Crippen molar-refractivity contribution in [1.82, 2.24) is 23.7 Å². The zero-order valence-electron chi connectivity index (χ0n) is 24.8. The highest BCUT2D eigenvalue weighted by molar-refractivity contribution is 7.91. The molecule has 0 aliphatic carbocycles. The lowest BCUT2D eigenvalue weighted by atomic mass is 10.1. The number of nitrogens with zero attached hydrogens (tertiary/aromatic N) is 5. The molecule has 43 heavy (non-hydrogen) atoms. The summed E-state index contributed by atoms with van der Waals surface area (Å²) >= 11 is 1.16. The van der Waals surface area contributed by atoms with Gasteiger partial charge < -0.3 is 9.30 Å². The van der Waals surface area contributed by atoms with Gasteiger partial charge in [0.15, 0.2) is 6.23 Å². The Balaban J connectivity index is 1.29. The van der Waals surface area contributed by atoms with E-state index in [2.05, 4.69) is 33.6 Å². The number of nitrogens with one attached hydrogen (secondary N) is 1. The number of hydrogen-bond acceptors (Lipinski definition) is 8. The van der Waals surface area contributed by atoms with Crippen molar-refractivity contribution in [3.05, 3.63) is 60.2 Å². The van der Waals surface area contributed by atoms with E-state index in [1.54, 1.807) is 42.0 Å². The fraction of sp³-hybridized carbons (Fsp3) is 0.452. The van der Waals surface area contributed by atoms with Crippen LogP contribution in [0.5, 0.6) is 0 Å². The van der Waals surface area contributed by atoms with Crippen molar-refractivity contribution in [3.8, 4) is 11.4 Å². The summed E-state index contributed by atoms with van der Waals surface area (Å²) in [4.78, 5) is 24.3. The van der Waals surface area contributed by atoms with E-state index in [4.69, 9.17) is 9.72 Å². The molecule has 12 heteroatoms. The van der Waals surface area contributed by atoms with Crippen molar-refractivity contribution in [2.24, 2.45) is 0 Å². The molecule has 0 radical (unpaired) electrons. The molecule has 1 aromatic carbocycles. The number of pyridine rings is 1. The van der Waals surface area contributed by atoms with Crippen molar-refractivity contribution in [2.75, 3.05) is 31.5 Å². The maximum atomic E-state index is 13.5. The van der Waals surface area contributed by atoms with E-state index in [-0.39, 0.29) is 10.8 Å². The summed E-state index contributed by atoms with van der Waals surface area (Å²) in [5, 5.41) is 4.54. The molecule has 1 fully saturated rings. The van der Waals surface area contributed by atoms with Gasteiger partial charge in [-0.2, -0.15) is 4.31 Å². The Morgan fingerprint density at radius 3 is 2.58 bits per heavy atom. The number of carbonyl (C=O) groups excluding carboxylic acids is 1. The molecule has 0 spiro atoms. The second kappa shape index (κ2) is 14.4. The van der Waals surface area contributed by atoms with E-state index >= 15 is 0 Å². The first kappa shape index (κ1) is 31.1. The van der Waals surface area contributed by atoms with Crippen LogP contribution in [-0.2, 0) is 21.3 Å². The molecule has 1 unspecified atom stereocenters. The highest BCUT2D eigenvalue weighted by atomic mass is 32.2.